The zero-order valence-corrected chi connectivity index (χ0v) is 12.5. The van der Waals surface area contributed by atoms with E-state index in [9.17, 15) is 4.79 Å². The third kappa shape index (κ3) is 2.47. The lowest BCUT2D eigenvalue weighted by Crippen LogP contribution is -2.13. The van der Waals surface area contributed by atoms with Gasteiger partial charge in [-0.2, -0.15) is 0 Å². The maximum Gasteiger partial charge on any atom is 0.330 e. The van der Waals surface area contributed by atoms with Gasteiger partial charge in [0.05, 0.1) is 11.4 Å². The molecule has 0 saturated carbocycles. The Morgan fingerprint density at radius 3 is 2.55 bits per heavy atom. The average Bonchev–Trinajstić information content (AvgIpc) is 2.82. The van der Waals surface area contributed by atoms with E-state index in [4.69, 9.17) is 0 Å². The van der Waals surface area contributed by atoms with Crippen molar-refractivity contribution in [3.63, 3.8) is 0 Å². The summed E-state index contributed by atoms with van der Waals surface area (Å²) in [5.74, 6) is 0. The Morgan fingerprint density at radius 1 is 1.10 bits per heavy atom. The van der Waals surface area contributed by atoms with E-state index in [0.29, 0.717) is 0 Å². The van der Waals surface area contributed by atoms with Crippen LogP contribution in [-0.2, 0) is 0 Å². The minimum absolute atomic E-state index is 0.131. The van der Waals surface area contributed by atoms with Crippen LogP contribution in [0.5, 0.6) is 0 Å². The molecule has 100 valence electrons. The first kappa shape index (κ1) is 12.9. The fraction of sp³-hybridized carbons (Fsp3) is 0.0625. The van der Waals surface area contributed by atoms with Crippen LogP contribution in [0.2, 0.25) is 0 Å². The van der Waals surface area contributed by atoms with Gasteiger partial charge in [-0.1, -0.05) is 40.2 Å². The van der Waals surface area contributed by atoms with Crippen molar-refractivity contribution in [2.24, 2.45) is 0 Å². The number of nitrogens with one attached hydrogen (secondary N) is 1. The molecule has 2 aromatic carbocycles. The Kier molecular flexibility index (Phi) is 3.32. The Hall–Kier alpha value is -2.07. The van der Waals surface area contributed by atoms with Gasteiger partial charge in [0, 0.05) is 10.7 Å². The lowest BCUT2D eigenvalue weighted by atomic mass is 10.2. The highest BCUT2D eigenvalue weighted by Gasteiger charge is 2.07. The maximum atomic E-state index is 12.1. The van der Waals surface area contributed by atoms with E-state index in [0.717, 1.165) is 27.0 Å². The van der Waals surface area contributed by atoms with Crippen molar-refractivity contribution in [1.82, 2.24) is 9.55 Å². The SMILES string of the molecule is Cc1cccc(-n2cc(-c3ccc(Br)cc3)[nH]c2=O)c1. The highest BCUT2D eigenvalue weighted by Crippen LogP contribution is 2.20. The summed E-state index contributed by atoms with van der Waals surface area (Å²) in [5.41, 5.74) is 3.66. The Balaban J connectivity index is 2.07. The Bertz CT molecular complexity index is 800. The molecule has 1 N–H and O–H groups in total. The first-order valence-corrected chi connectivity index (χ1v) is 7.07. The van der Waals surface area contributed by atoms with Crippen molar-refractivity contribution >= 4 is 15.9 Å². The van der Waals surface area contributed by atoms with Gasteiger partial charge in [-0.05, 0) is 42.3 Å². The van der Waals surface area contributed by atoms with E-state index in [-0.39, 0.29) is 5.69 Å². The van der Waals surface area contributed by atoms with E-state index >= 15 is 0 Å². The number of halogens is 1. The maximum absolute atomic E-state index is 12.1. The van der Waals surface area contributed by atoms with E-state index in [1.54, 1.807) is 4.57 Å². The largest absolute Gasteiger partial charge is 0.330 e. The van der Waals surface area contributed by atoms with Crippen molar-refractivity contribution in [1.29, 1.82) is 0 Å². The third-order valence-corrected chi connectivity index (χ3v) is 3.68. The topological polar surface area (TPSA) is 37.8 Å². The quantitative estimate of drug-likeness (QED) is 0.761. The van der Waals surface area contributed by atoms with Gasteiger partial charge in [-0.3, -0.25) is 4.57 Å². The van der Waals surface area contributed by atoms with Crippen LogP contribution in [-0.4, -0.2) is 9.55 Å². The number of imidazole rings is 1. The molecule has 0 aliphatic rings. The van der Waals surface area contributed by atoms with Gasteiger partial charge >= 0.3 is 5.69 Å². The van der Waals surface area contributed by atoms with Gasteiger partial charge in [0.2, 0.25) is 0 Å². The highest BCUT2D eigenvalue weighted by atomic mass is 79.9. The van der Waals surface area contributed by atoms with Gasteiger partial charge in [0.25, 0.3) is 0 Å². The number of nitrogens with zero attached hydrogens (tertiary/aromatic N) is 1. The average molecular weight is 329 g/mol. The Morgan fingerprint density at radius 2 is 1.85 bits per heavy atom. The first-order valence-electron chi connectivity index (χ1n) is 6.28. The van der Waals surface area contributed by atoms with Crippen molar-refractivity contribution in [2.75, 3.05) is 0 Å². The summed E-state index contributed by atoms with van der Waals surface area (Å²) >= 11 is 3.41. The van der Waals surface area contributed by atoms with Crippen LogP contribution < -0.4 is 5.69 Å². The number of aromatic amines is 1. The number of benzene rings is 2. The molecule has 3 aromatic rings. The summed E-state index contributed by atoms with van der Waals surface area (Å²) < 4.78 is 2.64. The smallest absolute Gasteiger partial charge is 0.305 e. The van der Waals surface area contributed by atoms with Crippen LogP contribution in [0.1, 0.15) is 5.56 Å². The van der Waals surface area contributed by atoms with Gasteiger partial charge in [0.1, 0.15) is 0 Å². The molecule has 0 saturated heterocycles. The first-order chi connectivity index (χ1) is 9.63. The molecule has 0 aliphatic heterocycles. The monoisotopic (exact) mass is 328 g/mol. The van der Waals surface area contributed by atoms with Crippen molar-refractivity contribution < 1.29 is 0 Å². The number of rotatable bonds is 2. The van der Waals surface area contributed by atoms with Crippen molar-refractivity contribution in [2.45, 2.75) is 6.92 Å². The number of H-pyrrole nitrogens is 1. The molecule has 0 aliphatic carbocycles. The molecule has 0 spiro atoms. The number of aryl methyl sites for hydroxylation is 1. The van der Waals surface area contributed by atoms with Crippen LogP contribution in [0, 0.1) is 6.92 Å². The standard InChI is InChI=1S/C16H13BrN2O/c1-11-3-2-4-14(9-11)19-10-15(18-16(19)20)12-5-7-13(17)8-6-12/h2-10H,1H3,(H,18,20). The molecule has 4 heteroatoms. The van der Waals surface area contributed by atoms with Crippen LogP contribution in [0.25, 0.3) is 16.9 Å². The molecular weight excluding hydrogens is 316 g/mol. The van der Waals surface area contributed by atoms with Gasteiger partial charge in [0.15, 0.2) is 0 Å². The lowest BCUT2D eigenvalue weighted by molar-refractivity contribution is 0.985. The normalized spacial score (nSPS) is 10.7. The molecule has 20 heavy (non-hydrogen) atoms. The highest BCUT2D eigenvalue weighted by molar-refractivity contribution is 9.10. The molecule has 1 heterocycles. The second-order valence-electron chi connectivity index (χ2n) is 4.69. The number of hydrogen-bond donors (Lipinski definition) is 1. The molecule has 0 unspecified atom stereocenters. The van der Waals surface area contributed by atoms with Gasteiger partial charge in [-0.15, -0.1) is 0 Å². The zero-order valence-electron chi connectivity index (χ0n) is 10.9. The van der Waals surface area contributed by atoms with Crippen molar-refractivity contribution in [3.05, 3.63) is 75.2 Å². The van der Waals surface area contributed by atoms with E-state index < -0.39 is 0 Å². The fourth-order valence-corrected chi connectivity index (χ4v) is 2.41. The molecule has 1 aromatic heterocycles. The molecule has 0 radical (unpaired) electrons. The van der Waals surface area contributed by atoms with Gasteiger partial charge < -0.3 is 4.98 Å². The lowest BCUT2D eigenvalue weighted by Gasteiger charge is -2.01. The summed E-state index contributed by atoms with van der Waals surface area (Å²) in [6.07, 6.45) is 1.83. The van der Waals surface area contributed by atoms with E-state index in [1.165, 1.54) is 0 Å². The molecule has 0 bridgehead atoms. The fourth-order valence-electron chi connectivity index (χ4n) is 2.14. The molecule has 3 nitrogen and oxygen atoms in total. The summed E-state index contributed by atoms with van der Waals surface area (Å²) in [7, 11) is 0. The van der Waals surface area contributed by atoms with Crippen LogP contribution >= 0.6 is 15.9 Å². The summed E-state index contributed by atoms with van der Waals surface area (Å²) in [5, 5.41) is 0. The minimum atomic E-state index is -0.131. The molecule has 0 amide bonds. The molecular formula is C16H13BrN2O. The number of hydrogen-bond acceptors (Lipinski definition) is 1. The van der Waals surface area contributed by atoms with Gasteiger partial charge in [-0.25, -0.2) is 4.79 Å². The summed E-state index contributed by atoms with van der Waals surface area (Å²) in [4.78, 5) is 15.0. The van der Waals surface area contributed by atoms with Crippen LogP contribution in [0.15, 0.2) is 64.0 Å². The van der Waals surface area contributed by atoms with E-state index in [1.807, 2.05) is 61.7 Å². The third-order valence-electron chi connectivity index (χ3n) is 3.15. The minimum Gasteiger partial charge on any atom is -0.305 e. The molecule has 0 atom stereocenters. The predicted octanol–water partition coefficient (Wildman–Crippen LogP) is 3.90. The molecule has 3 rings (SSSR count). The summed E-state index contributed by atoms with van der Waals surface area (Å²) in [6.45, 7) is 2.01. The summed E-state index contributed by atoms with van der Waals surface area (Å²) in [6, 6.07) is 15.7. The zero-order chi connectivity index (χ0) is 14.1. The van der Waals surface area contributed by atoms with Crippen LogP contribution in [0.4, 0.5) is 0 Å². The van der Waals surface area contributed by atoms with Crippen molar-refractivity contribution in [3.8, 4) is 16.9 Å². The van der Waals surface area contributed by atoms with E-state index in [2.05, 4.69) is 20.9 Å². The second kappa shape index (κ2) is 5.13. The Labute approximate surface area is 125 Å². The predicted molar refractivity (Wildman–Crippen MR) is 84.3 cm³/mol. The second-order valence-corrected chi connectivity index (χ2v) is 5.60. The molecule has 0 fully saturated rings. The number of aromatic nitrogens is 2. The van der Waals surface area contributed by atoms with Crippen LogP contribution in [0.3, 0.4) is 0 Å².